The van der Waals surface area contributed by atoms with E-state index in [2.05, 4.69) is 10.2 Å². The molecule has 0 bridgehead atoms. The van der Waals surface area contributed by atoms with Crippen LogP contribution in [0.1, 0.15) is 37.7 Å². The number of amides is 1. The Bertz CT molecular complexity index is 904. The van der Waals surface area contributed by atoms with Crippen LogP contribution in [0.2, 0.25) is 0 Å². The largest absolute Gasteiger partial charge is 0.496 e. The van der Waals surface area contributed by atoms with Crippen LogP contribution in [-0.2, 0) is 16.0 Å². The molecule has 0 spiro atoms. The Kier molecular flexibility index (Phi) is 7.43. The molecule has 0 aromatic heterocycles. The maximum absolute atomic E-state index is 13.8. The summed E-state index contributed by atoms with van der Waals surface area (Å²) in [7, 11) is 1.58. The molecule has 0 saturated carbocycles. The first-order chi connectivity index (χ1) is 15.6. The van der Waals surface area contributed by atoms with Crippen molar-refractivity contribution in [3.05, 3.63) is 53.8 Å². The van der Waals surface area contributed by atoms with Gasteiger partial charge in [0.05, 0.1) is 7.11 Å². The second kappa shape index (κ2) is 10.5. The second-order valence-corrected chi connectivity index (χ2v) is 8.82. The van der Waals surface area contributed by atoms with Crippen molar-refractivity contribution < 1.29 is 18.7 Å². The Balaban J connectivity index is 1.41. The van der Waals surface area contributed by atoms with Crippen molar-refractivity contribution in [1.29, 1.82) is 0 Å². The summed E-state index contributed by atoms with van der Waals surface area (Å²) in [6, 6.07) is 12.4. The first-order valence-electron chi connectivity index (χ1n) is 11.7. The SMILES string of the molecule is COc1ccc(F)cc1-c1ccc(CC2(C(=O)NCCN3CCCCC3)CCCO2)cc1. The molecule has 4 rings (SSSR count). The van der Waals surface area contributed by atoms with E-state index in [1.807, 2.05) is 24.3 Å². The number of nitrogens with one attached hydrogen (secondary N) is 1. The summed E-state index contributed by atoms with van der Waals surface area (Å²) in [5, 5.41) is 3.13. The lowest BCUT2D eigenvalue weighted by Crippen LogP contribution is -2.50. The van der Waals surface area contributed by atoms with Crippen LogP contribution in [0.25, 0.3) is 11.1 Å². The quantitative estimate of drug-likeness (QED) is 0.669. The lowest BCUT2D eigenvalue weighted by atomic mass is 9.89. The normalized spacial score (nSPS) is 21.4. The smallest absolute Gasteiger partial charge is 0.252 e. The van der Waals surface area contributed by atoms with Crippen molar-refractivity contribution in [2.24, 2.45) is 0 Å². The van der Waals surface area contributed by atoms with E-state index in [0.717, 1.165) is 43.6 Å². The number of hydrogen-bond acceptors (Lipinski definition) is 4. The van der Waals surface area contributed by atoms with Crippen molar-refractivity contribution in [2.75, 3.05) is 39.9 Å². The molecule has 2 aromatic carbocycles. The van der Waals surface area contributed by atoms with E-state index in [1.165, 1.54) is 31.4 Å². The molecule has 1 unspecified atom stereocenters. The second-order valence-electron chi connectivity index (χ2n) is 8.82. The molecule has 2 fully saturated rings. The number of piperidine rings is 1. The van der Waals surface area contributed by atoms with Gasteiger partial charge in [0, 0.05) is 31.7 Å². The molecule has 2 saturated heterocycles. The number of carbonyl (C=O) groups excluding carboxylic acids is 1. The molecule has 1 amide bonds. The number of carbonyl (C=O) groups is 1. The van der Waals surface area contributed by atoms with Crippen LogP contribution in [0.3, 0.4) is 0 Å². The highest BCUT2D eigenvalue weighted by Gasteiger charge is 2.42. The number of halogens is 1. The van der Waals surface area contributed by atoms with Crippen LogP contribution >= 0.6 is 0 Å². The van der Waals surface area contributed by atoms with Crippen LogP contribution in [0.5, 0.6) is 5.75 Å². The molecule has 172 valence electrons. The molecule has 2 heterocycles. The lowest BCUT2D eigenvalue weighted by molar-refractivity contribution is -0.141. The fraction of sp³-hybridized carbons (Fsp3) is 0.500. The molecule has 1 atom stereocenters. The minimum Gasteiger partial charge on any atom is -0.496 e. The number of nitrogens with zero attached hydrogens (tertiary/aromatic N) is 1. The minimum atomic E-state index is -0.806. The molecule has 0 aliphatic carbocycles. The highest BCUT2D eigenvalue weighted by Crippen LogP contribution is 2.33. The van der Waals surface area contributed by atoms with Crippen LogP contribution in [0.15, 0.2) is 42.5 Å². The first kappa shape index (κ1) is 22.7. The Morgan fingerprint density at radius 1 is 1.12 bits per heavy atom. The molecule has 6 heteroatoms. The van der Waals surface area contributed by atoms with E-state index in [1.54, 1.807) is 13.2 Å². The number of rotatable bonds is 8. The number of methoxy groups -OCH3 is 1. The molecule has 2 aromatic rings. The zero-order valence-electron chi connectivity index (χ0n) is 18.9. The predicted octanol–water partition coefficient (Wildman–Crippen LogP) is 4.20. The fourth-order valence-corrected chi connectivity index (χ4v) is 4.81. The van der Waals surface area contributed by atoms with E-state index in [4.69, 9.17) is 9.47 Å². The molecular formula is C26H33FN2O3. The molecule has 2 aliphatic heterocycles. The third-order valence-corrected chi connectivity index (χ3v) is 6.60. The summed E-state index contributed by atoms with van der Waals surface area (Å²) in [6.07, 6.45) is 5.95. The van der Waals surface area contributed by atoms with Crippen molar-refractivity contribution in [3.63, 3.8) is 0 Å². The molecular weight excluding hydrogens is 407 g/mol. The van der Waals surface area contributed by atoms with Gasteiger partial charge in [0.15, 0.2) is 5.60 Å². The van der Waals surface area contributed by atoms with Gasteiger partial charge in [0.1, 0.15) is 11.6 Å². The van der Waals surface area contributed by atoms with Crippen LogP contribution < -0.4 is 10.1 Å². The molecule has 1 N–H and O–H groups in total. The Morgan fingerprint density at radius 2 is 1.91 bits per heavy atom. The zero-order chi connectivity index (χ0) is 22.4. The topological polar surface area (TPSA) is 50.8 Å². The van der Waals surface area contributed by atoms with Gasteiger partial charge < -0.3 is 19.7 Å². The van der Waals surface area contributed by atoms with Gasteiger partial charge in [-0.3, -0.25) is 4.79 Å². The Morgan fingerprint density at radius 3 is 2.59 bits per heavy atom. The van der Waals surface area contributed by atoms with Gasteiger partial charge in [-0.2, -0.15) is 0 Å². The third kappa shape index (κ3) is 5.30. The summed E-state index contributed by atoms with van der Waals surface area (Å²) >= 11 is 0. The van der Waals surface area contributed by atoms with E-state index >= 15 is 0 Å². The van der Waals surface area contributed by atoms with Crippen LogP contribution in [0.4, 0.5) is 4.39 Å². The minimum absolute atomic E-state index is 0.0112. The van der Waals surface area contributed by atoms with E-state index in [-0.39, 0.29) is 11.7 Å². The summed E-state index contributed by atoms with van der Waals surface area (Å²) in [6.45, 7) is 4.41. The van der Waals surface area contributed by atoms with Gasteiger partial charge in [-0.15, -0.1) is 0 Å². The summed E-state index contributed by atoms with van der Waals surface area (Å²) in [4.78, 5) is 15.5. The first-order valence-corrected chi connectivity index (χ1v) is 11.7. The highest BCUT2D eigenvalue weighted by atomic mass is 19.1. The number of benzene rings is 2. The van der Waals surface area contributed by atoms with Crippen LogP contribution in [-0.4, -0.2) is 56.3 Å². The summed E-state index contributed by atoms with van der Waals surface area (Å²) < 4.78 is 25.2. The van der Waals surface area contributed by atoms with Gasteiger partial charge >= 0.3 is 0 Å². The fourth-order valence-electron chi connectivity index (χ4n) is 4.81. The van der Waals surface area contributed by atoms with E-state index in [9.17, 15) is 9.18 Å². The molecule has 32 heavy (non-hydrogen) atoms. The monoisotopic (exact) mass is 440 g/mol. The zero-order valence-corrected chi connectivity index (χ0v) is 18.9. The lowest BCUT2D eigenvalue weighted by Gasteiger charge is -2.29. The number of ether oxygens (including phenoxy) is 2. The summed E-state index contributed by atoms with van der Waals surface area (Å²) in [5.74, 6) is 0.315. The number of hydrogen-bond donors (Lipinski definition) is 1. The van der Waals surface area contributed by atoms with Gasteiger partial charge in [-0.1, -0.05) is 30.7 Å². The van der Waals surface area contributed by atoms with Crippen molar-refractivity contribution in [1.82, 2.24) is 10.2 Å². The summed E-state index contributed by atoms with van der Waals surface area (Å²) in [5.41, 5.74) is 1.80. The van der Waals surface area contributed by atoms with Gasteiger partial charge in [0.25, 0.3) is 5.91 Å². The van der Waals surface area contributed by atoms with E-state index in [0.29, 0.717) is 30.9 Å². The van der Waals surface area contributed by atoms with Gasteiger partial charge in [-0.25, -0.2) is 4.39 Å². The van der Waals surface area contributed by atoms with E-state index < -0.39 is 5.60 Å². The number of likely N-dealkylation sites (tertiary alicyclic amines) is 1. The standard InChI is InChI=1S/C26H33FN2O3/c1-31-24-11-10-22(27)18-23(24)21-8-6-20(7-9-21)19-26(12-5-17-32-26)25(30)28-13-16-29-14-3-2-4-15-29/h6-11,18H,2-5,12-17,19H2,1H3,(H,28,30). The highest BCUT2D eigenvalue weighted by molar-refractivity contribution is 5.86. The molecule has 0 radical (unpaired) electrons. The van der Waals surface area contributed by atoms with Crippen molar-refractivity contribution in [2.45, 2.75) is 44.1 Å². The average Bonchev–Trinajstić information content (AvgIpc) is 3.30. The average molecular weight is 441 g/mol. The maximum atomic E-state index is 13.8. The van der Waals surface area contributed by atoms with Crippen LogP contribution in [0, 0.1) is 5.82 Å². The molecule has 2 aliphatic rings. The van der Waals surface area contributed by atoms with Gasteiger partial charge in [0.2, 0.25) is 0 Å². The van der Waals surface area contributed by atoms with Gasteiger partial charge in [-0.05, 0) is 68.1 Å². The maximum Gasteiger partial charge on any atom is 0.252 e. The Hall–Kier alpha value is -2.44. The predicted molar refractivity (Wildman–Crippen MR) is 123 cm³/mol. The third-order valence-electron chi connectivity index (χ3n) is 6.60. The van der Waals surface area contributed by atoms with Crippen molar-refractivity contribution >= 4 is 5.91 Å². The van der Waals surface area contributed by atoms with Crippen molar-refractivity contribution in [3.8, 4) is 16.9 Å². The Labute approximate surface area is 189 Å². The molecule has 5 nitrogen and oxygen atoms in total.